The molecular formula is C24H24N2O3. The van der Waals surface area contributed by atoms with Crippen LogP contribution in [0.25, 0.3) is 11.3 Å². The number of aliphatic hydroxyl groups excluding tert-OH is 1. The van der Waals surface area contributed by atoms with Crippen molar-refractivity contribution in [1.82, 2.24) is 4.98 Å². The number of hydrogen-bond donors (Lipinski definition) is 2. The van der Waals surface area contributed by atoms with Gasteiger partial charge < -0.3 is 15.2 Å². The summed E-state index contributed by atoms with van der Waals surface area (Å²) >= 11 is 0. The summed E-state index contributed by atoms with van der Waals surface area (Å²) in [5.41, 5.74) is 3.93. The number of nitrogens with one attached hydrogen (secondary N) is 1. The molecule has 0 aliphatic heterocycles. The molecule has 3 aromatic rings. The minimum absolute atomic E-state index is 0.0413. The molecule has 1 aromatic heterocycles. The number of ether oxygens (including phenoxy) is 1. The number of rotatable bonds is 6. The first-order valence-electron chi connectivity index (χ1n) is 9.70. The summed E-state index contributed by atoms with van der Waals surface area (Å²) in [5.74, 6) is 1.25. The molecule has 5 nitrogen and oxygen atoms in total. The molecule has 0 atom stereocenters. The zero-order valence-corrected chi connectivity index (χ0v) is 16.6. The molecule has 1 saturated carbocycles. The van der Waals surface area contributed by atoms with E-state index in [0.717, 1.165) is 46.5 Å². The topological polar surface area (TPSA) is 71.5 Å². The number of methoxy groups -OCH3 is 1. The van der Waals surface area contributed by atoms with Crippen molar-refractivity contribution in [2.45, 2.75) is 31.8 Å². The molecule has 0 spiro atoms. The third-order valence-corrected chi connectivity index (χ3v) is 5.61. The minimum Gasteiger partial charge on any atom is -0.497 e. The molecule has 0 radical (unpaired) electrons. The van der Waals surface area contributed by atoms with Gasteiger partial charge in [-0.2, -0.15) is 0 Å². The van der Waals surface area contributed by atoms with Crippen LogP contribution >= 0.6 is 0 Å². The molecule has 2 N–H and O–H groups in total. The second kappa shape index (κ2) is 7.68. The predicted octanol–water partition coefficient (Wildman–Crippen LogP) is 4.23. The lowest BCUT2D eigenvalue weighted by Gasteiger charge is -2.17. The molecule has 1 heterocycles. The Bertz CT molecular complexity index is 1040. The zero-order valence-electron chi connectivity index (χ0n) is 16.6. The highest BCUT2D eigenvalue weighted by molar-refractivity contribution is 6.01. The van der Waals surface area contributed by atoms with Crippen LogP contribution in [0.5, 0.6) is 5.75 Å². The highest BCUT2D eigenvalue weighted by Gasteiger charge is 2.51. The van der Waals surface area contributed by atoms with Gasteiger partial charge in [0.1, 0.15) is 11.6 Å². The second-order valence-corrected chi connectivity index (χ2v) is 7.44. The first kappa shape index (κ1) is 19.2. The number of nitrogens with zero attached hydrogens (tertiary/aromatic N) is 1. The summed E-state index contributed by atoms with van der Waals surface area (Å²) in [6.45, 7) is 1.91. The number of hydrogen-bond acceptors (Lipinski definition) is 4. The maximum atomic E-state index is 13.1. The lowest BCUT2D eigenvalue weighted by molar-refractivity contribution is -0.118. The van der Waals surface area contributed by atoms with Gasteiger partial charge in [0.15, 0.2) is 0 Å². The summed E-state index contributed by atoms with van der Waals surface area (Å²) in [7, 11) is 1.63. The van der Waals surface area contributed by atoms with Crippen molar-refractivity contribution in [3.8, 4) is 17.0 Å². The van der Waals surface area contributed by atoms with Gasteiger partial charge in [0.05, 0.1) is 24.8 Å². The van der Waals surface area contributed by atoms with E-state index in [1.165, 1.54) is 0 Å². The largest absolute Gasteiger partial charge is 0.497 e. The van der Waals surface area contributed by atoms with Gasteiger partial charge in [-0.1, -0.05) is 42.5 Å². The first-order chi connectivity index (χ1) is 14.1. The molecule has 0 unspecified atom stereocenters. The first-order valence-corrected chi connectivity index (χ1v) is 9.70. The number of aliphatic hydroxyl groups is 1. The Morgan fingerprint density at radius 2 is 1.83 bits per heavy atom. The van der Waals surface area contributed by atoms with Crippen molar-refractivity contribution in [3.63, 3.8) is 0 Å². The van der Waals surface area contributed by atoms with Gasteiger partial charge in [-0.05, 0) is 54.7 Å². The lowest BCUT2D eigenvalue weighted by Crippen LogP contribution is -2.28. The van der Waals surface area contributed by atoms with Crippen LogP contribution in [0.3, 0.4) is 0 Å². The summed E-state index contributed by atoms with van der Waals surface area (Å²) in [6, 6.07) is 19.1. The van der Waals surface area contributed by atoms with Crippen LogP contribution in [-0.4, -0.2) is 23.1 Å². The predicted molar refractivity (Wildman–Crippen MR) is 113 cm³/mol. The van der Waals surface area contributed by atoms with Crippen molar-refractivity contribution in [3.05, 3.63) is 77.4 Å². The fourth-order valence-corrected chi connectivity index (χ4v) is 3.68. The van der Waals surface area contributed by atoms with Gasteiger partial charge in [-0.3, -0.25) is 4.79 Å². The average molecular weight is 388 g/mol. The normalized spacial score (nSPS) is 14.3. The zero-order chi connectivity index (χ0) is 20.4. The molecule has 1 fully saturated rings. The minimum atomic E-state index is -0.498. The lowest BCUT2D eigenvalue weighted by atomic mass is 9.95. The van der Waals surface area contributed by atoms with Crippen molar-refractivity contribution < 1.29 is 14.6 Å². The molecule has 1 aliphatic rings. The number of amides is 1. The Balaban J connectivity index is 1.60. The van der Waals surface area contributed by atoms with Gasteiger partial charge >= 0.3 is 0 Å². The van der Waals surface area contributed by atoms with E-state index in [-0.39, 0.29) is 12.5 Å². The summed E-state index contributed by atoms with van der Waals surface area (Å²) < 4.78 is 5.22. The van der Waals surface area contributed by atoms with Crippen molar-refractivity contribution in [2.24, 2.45) is 0 Å². The Hall–Kier alpha value is -3.18. The van der Waals surface area contributed by atoms with Crippen LogP contribution in [0, 0.1) is 6.92 Å². The van der Waals surface area contributed by atoms with Crippen LogP contribution in [-0.2, 0) is 16.8 Å². The molecule has 29 heavy (non-hydrogen) atoms. The number of benzene rings is 2. The van der Waals surface area contributed by atoms with Gasteiger partial charge in [0.2, 0.25) is 5.91 Å². The highest BCUT2D eigenvalue weighted by Crippen LogP contribution is 2.49. The second-order valence-electron chi connectivity index (χ2n) is 7.44. The Labute approximate surface area is 170 Å². The Kier molecular flexibility index (Phi) is 5.07. The molecule has 1 amide bonds. The fourth-order valence-electron chi connectivity index (χ4n) is 3.68. The fraction of sp³-hybridized carbons (Fsp3) is 0.250. The van der Waals surface area contributed by atoms with E-state index >= 15 is 0 Å². The molecule has 1 aliphatic carbocycles. The molecule has 148 valence electrons. The third-order valence-electron chi connectivity index (χ3n) is 5.61. The molecular weight excluding hydrogens is 364 g/mol. The SMILES string of the molecule is COc1ccc(C2(C(=O)Nc3ccc(C)c(-c4ccccc4CO)n3)CC2)cc1. The van der Waals surface area contributed by atoms with E-state index in [4.69, 9.17) is 9.72 Å². The number of pyridine rings is 1. The van der Waals surface area contributed by atoms with Crippen LogP contribution in [0.15, 0.2) is 60.7 Å². The van der Waals surface area contributed by atoms with Gasteiger partial charge in [-0.25, -0.2) is 4.98 Å². The van der Waals surface area contributed by atoms with E-state index in [1.54, 1.807) is 7.11 Å². The summed E-state index contributed by atoms with van der Waals surface area (Å²) in [4.78, 5) is 17.8. The average Bonchev–Trinajstić information content (AvgIpc) is 3.57. The molecule has 2 aromatic carbocycles. The van der Waals surface area contributed by atoms with Crippen LogP contribution < -0.4 is 10.1 Å². The highest BCUT2D eigenvalue weighted by atomic mass is 16.5. The number of aryl methyl sites for hydroxylation is 1. The number of carbonyl (C=O) groups excluding carboxylic acids is 1. The van der Waals surface area contributed by atoms with Crippen molar-refractivity contribution >= 4 is 11.7 Å². The van der Waals surface area contributed by atoms with E-state index in [0.29, 0.717) is 5.82 Å². The van der Waals surface area contributed by atoms with Crippen LogP contribution in [0.2, 0.25) is 0 Å². The van der Waals surface area contributed by atoms with Crippen molar-refractivity contribution in [2.75, 3.05) is 12.4 Å². The Morgan fingerprint density at radius 1 is 1.10 bits per heavy atom. The monoisotopic (exact) mass is 388 g/mol. The molecule has 4 rings (SSSR count). The van der Waals surface area contributed by atoms with E-state index in [2.05, 4.69) is 5.32 Å². The van der Waals surface area contributed by atoms with Crippen LogP contribution in [0.4, 0.5) is 5.82 Å². The van der Waals surface area contributed by atoms with Gasteiger partial charge in [0, 0.05) is 5.56 Å². The van der Waals surface area contributed by atoms with E-state index in [1.807, 2.05) is 67.6 Å². The molecule has 0 bridgehead atoms. The van der Waals surface area contributed by atoms with Crippen molar-refractivity contribution in [1.29, 1.82) is 0 Å². The van der Waals surface area contributed by atoms with E-state index in [9.17, 15) is 9.90 Å². The molecule has 0 saturated heterocycles. The van der Waals surface area contributed by atoms with Gasteiger partial charge in [0.25, 0.3) is 0 Å². The summed E-state index contributed by atoms with van der Waals surface area (Å²) in [6.07, 6.45) is 1.63. The smallest absolute Gasteiger partial charge is 0.236 e. The maximum Gasteiger partial charge on any atom is 0.236 e. The third kappa shape index (κ3) is 3.61. The van der Waals surface area contributed by atoms with E-state index < -0.39 is 5.41 Å². The maximum absolute atomic E-state index is 13.1. The number of aromatic nitrogens is 1. The Morgan fingerprint density at radius 3 is 2.48 bits per heavy atom. The number of carbonyl (C=O) groups is 1. The molecule has 5 heteroatoms. The summed E-state index contributed by atoms with van der Waals surface area (Å²) in [5, 5.41) is 12.7. The van der Waals surface area contributed by atoms with Crippen LogP contribution in [0.1, 0.15) is 29.5 Å². The quantitative estimate of drug-likeness (QED) is 0.663. The standard InChI is InChI=1S/C24H24N2O3/c1-16-7-12-21(25-22(16)20-6-4-3-5-17(20)15-27)26-23(28)24(13-14-24)18-8-10-19(29-2)11-9-18/h3-12,27H,13-15H2,1-2H3,(H,25,26,28). The van der Waals surface area contributed by atoms with Gasteiger partial charge in [-0.15, -0.1) is 0 Å². The number of anilines is 1.